The Morgan fingerprint density at radius 1 is 0.914 bits per heavy atom. The molecule has 4 heteroatoms. The number of unbranched alkanes of at least 4 members (excludes halogenated alkanes) is 6. The molecule has 0 bridgehead atoms. The highest BCUT2D eigenvalue weighted by molar-refractivity contribution is 5.97. The van der Waals surface area contributed by atoms with Crippen molar-refractivity contribution in [1.82, 2.24) is 0 Å². The predicted octanol–water partition coefficient (Wildman–Crippen LogP) is 7.74. The quantitative estimate of drug-likeness (QED) is 0.235. The normalized spacial score (nSPS) is 36.6. The van der Waals surface area contributed by atoms with Crippen LogP contribution in [0.4, 0.5) is 0 Å². The summed E-state index contributed by atoms with van der Waals surface area (Å²) in [6, 6.07) is 0. The molecule has 0 saturated heterocycles. The van der Waals surface area contributed by atoms with Crippen molar-refractivity contribution in [2.75, 3.05) is 0 Å². The third-order valence-electron chi connectivity index (χ3n) is 10.6. The van der Waals surface area contributed by atoms with Crippen LogP contribution in [0.25, 0.3) is 0 Å². The molecule has 4 aliphatic rings. The van der Waals surface area contributed by atoms with E-state index in [1.807, 2.05) is 0 Å². The van der Waals surface area contributed by atoms with Crippen molar-refractivity contribution in [3.8, 4) is 0 Å². The lowest BCUT2D eigenvalue weighted by Gasteiger charge is -2.57. The molecule has 4 nitrogen and oxygen atoms in total. The van der Waals surface area contributed by atoms with Gasteiger partial charge >= 0.3 is 5.97 Å². The van der Waals surface area contributed by atoms with Crippen molar-refractivity contribution in [3.05, 3.63) is 11.3 Å². The van der Waals surface area contributed by atoms with Gasteiger partial charge in [-0.25, -0.2) is 0 Å². The highest BCUT2D eigenvalue weighted by atomic mass is 16.5. The SMILES string of the molecule is CCCCCCCCCC(=O)OC1=C2CC[C@H]3[C@@H]4[C@@H](CC)CC(=O)[C@@]4(C)CC[C@@H]3[C@@]2(C)CCC1=O. The van der Waals surface area contributed by atoms with Gasteiger partial charge in [0.15, 0.2) is 11.5 Å². The maximum Gasteiger partial charge on any atom is 0.311 e. The summed E-state index contributed by atoms with van der Waals surface area (Å²) < 4.78 is 5.87. The van der Waals surface area contributed by atoms with Gasteiger partial charge in [-0.2, -0.15) is 0 Å². The first-order valence-electron chi connectivity index (χ1n) is 14.8. The minimum atomic E-state index is -0.232. The van der Waals surface area contributed by atoms with Gasteiger partial charge in [0.2, 0.25) is 0 Å². The summed E-state index contributed by atoms with van der Waals surface area (Å²) in [6.07, 6.45) is 15.6. The zero-order valence-corrected chi connectivity index (χ0v) is 22.8. The van der Waals surface area contributed by atoms with Crippen molar-refractivity contribution in [1.29, 1.82) is 0 Å². The number of ketones is 2. The summed E-state index contributed by atoms with van der Waals surface area (Å²) in [6.45, 7) is 9.03. The van der Waals surface area contributed by atoms with Gasteiger partial charge in [-0.15, -0.1) is 0 Å². The number of esters is 1. The Balaban J connectivity index is 1.45. The summed E-state index contributed by atoms with van der Waals surface area (Å²) in [5.74, 6) is 2.66. The van der Waals surface area contributed by atoms with Crippen LogP contribution in [-0.4, -0.2) is 17.5 Å². The van der Waals surface area contributed by atoms with Crippen LogP contribution in [0.15, 0.2) is 11.3 Å². The lowest BCUT2D eigenvalue weighted by Crippen LogP contribution is -2.52. The lowest BCUT2D eigenvalue weighted by atomic mass is 9.46. The highest BCUT2D eigenvalue weighted by Crippen LogP contribution is 2.66. The molecule has 0 amide bonds. The Kier molecular flexibility index (Phi) is 8.28. The first kappa shape index (κ1) is 26.6. The highest BCUT2D eigenvalue weighted by Gasteiger charge is 2.62. The molecule has 3 fully saturated rings. The summed E-state index contributed by atoms with van der Waals surface area (Å²) in [5.41, 5.74) is 0.871. The Bertz CT molecular complexity index is 856. The maximum atomic E-state index is 13.0. The van der Waals surface area contributed by atoms with Crippen molar-refractivity contribution >= 4 is 17.5 Å². The van der Waals surface area contributed by atoms with Gasteiger partial charge < -0.3 is 4.74 Å². The third-order valence-corrected chi connectivity index (χ3v) is 10.6. The minimum absolute atomic E-state index is 0.0203. The van der Waals surface area contributed by atoms with Crippen LogP contribution in [0, 0.1) is 34.5 Å². The molecule has 35 heavy (non-hydrogen) atoms. The van der Waals surface area contributed by atoms with Gasteiger partial charge in [0.05, 0.1) is 0 Å². The number of allylic oxidation sites excluding steroid dienone is 1. The standard InChI is InChI=1S/C31H48O4/c1-5-7-8-9-10-11-12-13-27(34)35-29-24-15-14-22-23(30(24,3)19-17-25(29)32)16-18-31(4)26(33)20-21(6-2)28(22)31/h21-23,28H,5-20H2,1-4H3/t21-,22+,23-,28-,30+,31+/m0/s1. The van der Waals surface area contributed by atoms with Crippen molar-refractivity contribution in [3.63, 3.8) is 0 Å². The zero-order valence-electron chi connectivity index (χ0n) is 22.8. The van der Waals surface area contributed by atoms with Crippen molar-refractivity contribution < 1.29 is 19.1 Å². The van der Waals surface area contributed by atoms with Gasteiger partial charge in [-0.1, -0.05) is 72.6 Å². The van der Waals surface area contributed by atoms with Crippen LogP contribution < -0.4 is 0 Å². The minimum Gasteiger partial charge on any atom is -0.423 e. The summed E-state index contributed by atoms with van der Waals surface area (Å²) in [4.78, 5) is 38.7. The number of carbonyl (C=O) groups is 3. The van der Waals surface area contributed by atoms with Crippen molar-refractivity contribution in [2.24, 2.45) is 34.5 Å². The average Bonchev–Trinajstić information content (AvgIpc) is 3.10. The van der Waals surface area contributed by atoms with E-state index < -0.39 is 0 Å². The van der Waals surface area contributed by atoms with E-state index in [2.05, 4.69) is 27.7 Å². The molecule has 0 radical (unpaired) electrons. The average molecular weight is 485 g/mol. The van der Waals surface area contributed by atoms with Crippen LogP contribution in [0.1, 0.15) is 130 Å². The molecule has 6 atom stereocenters. The maximum absolute atomic E-state index is 13.0. The fourth-order valence-corrected chi connectivity index (χ4v) is 8.62. The Hall–Kier alpha value is -1.45. The number of Topliss-reactive ketones (excluding diaryl/α,β-unsaturated/α-hetero) is 2. The lowest BCUT2D eigenvalue weighted by molar-refractivity contribution is -0.145. The largest absolute Gasteiger partial charge is 0.423 e. The molecule has 0 aromatic rings. The zero-order chi connectivity index (χ0) is 25.2. The molecule has 0 aromatic carbocycles. The molecule has 0 heterocycles. The van der Waals surface area contributed by atoms with Gasteiger partial charge in [0.1, 0.15) is 5.78 Å². The molecule has 0 aromatic heterocycles. The molecule has 0 unspecified atom stereocenters. The molecule has 3 saturated carbocycles. The van der Waals surface area contributed by atoms with E-state index in [1.54, 1.807) is 0 Å². The molecule has 4 rings (SSSR count). The molecule has 196 valence electrons. The van der Waals surface area contributed by atoms with E-state index in [0.29, 0.717) is 48.1 Å². The third kappa shape index (κ3) is 4.92. The number of carbonyl (C=O) groups excluding carboxylic acids is 3. The molecule has 4 aliphatic carbocycles. The van der Waals surface area contributed by atoms with Gasteiger partial charge in [-0.3, -0.25) is 14.4 Å². The number of fused-ring (bicyclic) bond motifs is 5. The first-order chi connectivity index (χ1) is 16.8. The summed E-state index contributed by atoms with van der Waals surface area (Å²) in [7, 11) is 0. The van der Waals surface area contributed by atoms with E-state index in [-0.39, 0.29) is 22.6 Å². The van der Waals surface area contributed by atoms with E-state index in [4.69, 9.17) is 4.74 Å². The Morgan fingerprint density at radius 2 is 1.63 bits per heavy atom. The second-order valence-electron chi connectivity index (χ2n) is 12.6. The van der Waals surface area contributed by atoms with E-state index in [9.17, 15) is 14.4 Å². The van der Waals surface area contributed by atoms with Crippen molar-refractivity contribution in [2.45, 2.75) is 130 Å². The monoisotopic (exact) mass is 484 g/mol. The molecular formula is C31H48O4. The number of hydrogen-bond donors (Lipinski definition) is 0. The van der Waals surface area contributed by atoms with Crippen LogP contribution in [0.2, 0.25) is 0 Å². The van der Waals surface area contributed by atoms with Crippen LogP contribution >= 0.6 is 0 Å². The number of ether oxygens (including phenoxy) is 1. The predicted molar refractivity (Wildman–Crippen MR) is 139 cm³/mol. The van der Waals surface area contributed by atoms with E-state index >= 15 is 0 Å². The fraction of sp³-hybridized carbons (Fsp3) is 0.839. The van der Waals surface area contributed by atoms with Gasteiger partial charge in [0, 0.05) is 24.7 Å². The Labute approximate surface area is 213 Å². The smallest absolute Gasteiger partial charge is 0.311 e. The number of hydrogen-bond acceptors (Lipinski definition) is 4. The van der Waals surface area contributed by atoms with Gasteiger partial charge in [-0.05, 0) is 73.2 Å². The Morgan fingerprint density at radius 3 is 2.34 bits per heavy atom. The summed E-state index contributed by atoms with van der Waals surface area (Å²) >= 11 is 0. The fourth-order valence-electron chi connectivity index (χ4n) is 8.62. The topological polar surface area (TPSA) is 60.4 Å². The second kappa shape index (κ2) is 10.9. The molecule has 0 N–H and O–H groups in total. The summed E-state index contributed by atoms with van der Waals surface area (Å²) in [5, 5.41) is 0. The first-order valence-corrected chi connectivity index (χ1v) is 14.8. The van der Waals surface area contributed by atoms with Crippen LogP contribution in [0.5, 0.6) is 0 Å². The number of rotatable bonds is 10. The van der Waals surface area contributed by atoms with E-state index in [0.717, 1.165) is 63.4 Å². The van der Waals surface area contributed by atoms with Crippen LogP contribution in [-0.2, 0) is 19.1 Å². The van der Waals surface area contributed by atoms with E-state index in [1.165, 1.54) is 32.1 Å². The molecular weight excluding hydrogens is 436 g/mol. The second-order valence-corrected chi connectivity index (χ2v) is 12.6. The molecule has 0 aliphatic heterocycles. The molecule has 0 spiro atoms. The van der Waals surface area contributed by atoms with Gasteiger partial charge in [0.25, 0.3) is 0 Å². The van der Waals surface area contributed by atoms with Crippen LogP contribution in [0.3, 0.4) is 0 Å².